The smallest absolute Gasteiger partial charge is 0.240 e. The number of hydrogen-bond acceptors (Lipinski definition) is 5. The van der Waals surface area contributed by atoms with Crippen LogP contribution in [0.15, 0.2) is 18.2 Å². The van der Waals surface area contributed by atoms with Crippen LogP contribution in [0.1, 0.15) is 19.4 Å². The molecule has 0 unspecified atom stereocenters. The van der Waals surface area contributed by atoms with E-state index in [0.29, 0.717) is 6.61 Å². The molecule has 0 saturated carbocycles. The van der Waals surface area contributed by atoms with Gasteiger partial charge >= 0.3 is 0 Å². The summed E-state index contributed by atoms with van der Waals surface area (Å²) in [4.78, 5) is 16.8. The fraction of sp³-hybridized carbons (Fsp3) is 0.632. The second-order valence-corrected chi connectivity index (χ2v) is 9.11. The molecule has 9 heteroatoms. The van der Waals surface area contributed by atoms with Gasteiger partial charge in [-0.25, -0.2) is 0 Å². The van der Waals surface area contributed by atoms with Crippen molar-refractivity contribution in [1.82, 2.24) is 9.80 Å². The number of amides is 1. The summed E-state index contributed by atoms with van der Waals surface area (Å²) in [7, 11) is 0. The molecule has 1 fully saturated rings. The standard InChI is InChI=1S/C19H30ClN3O2S.2ClH/c1-14-13-15(20)5-6-16(14)25-12-11-22-7-9-23(10-8-22)18(24)17(21)19(2,3)26-4;;/h5-6,13,17H,7-12,21H2,1-4H3;2*1H/t17-;;/m1../s1. The lowest BCUT2D eigenvalue weighted by Gasteiger charge is -2.38. The van der Waals surface area contributed by atoms with Crippen LogP contribution in [0, 0.1) is 6.92 Å². The first-order valence-corrected chi connectivity index (χ1v) is 10.6. The minimum atomic E-state index is -0.472. The van der Waals surface area contributed by atoms with Gasteiger partial charge in [0.1, 0.15) is 12.4 Å². The highest BCUT2D eigenvalue weighted by atomic mass is 35.5. The van der Waals surface area contributed by atoms with E-state index in [0.717, 1.165) is 49.1 Å². The fourth-order valence-electron chi connectivity index (χ4n) is 2.87. The van der Waals surface area contributed by atoms with Gasteiger partial charge in [0, 0.05) is 42.5 Å². The Morgan fingerprint density at radius 2 is 1.89 bits per heavy atom. The third-order valence-corrected chi connectivity index (χ3v) is 6.57. The Morgan fingerprint density at radius 3 is 2.43 bits per heavy atom. The zero-order valence-electron chi connectivity index (χ0n) is 16.9. The summed E-state index contributed by atoms with van der Waals surface area (Å²) in [5, 5.41) is 0.721. The maximum atomic E-state index is 12.6. The first-order valence-electron chi connectivity index (χ1n) is 8.95. The first-order chi connectivity index (χ1) is 12.2. The highest BCUT2D eigenvalue weighted by Crippen LogP contribution is 2.26. The number of carbonyl (C=O) groups excluding carboxylic acids is 1. The summed E-state index contributed by atoms with van der Waals surface area (Å²) in [5.41, 5.74) is 7.23. The van der Waals surface area contributed by atoms with Gasteiger partial charge in [0.15, 0.2) is 0 Å². The van der Waals surface area contributed by atoms with E-state index in [-0.39, 0.29) is 35.5 Å². The molecule has 0 radical (unpaired) electrons. The van der Waals surface area contributed by atoms with Crippen molar-refractivity contribution < 1.29 is 9.53 Å². The minimum absolute atomic E-state index is 0. The van der Waals surface area contributed by atoms with E-state index in [1.807, 2.05) is 50.1 Å². The van der Waals surface area contributed by atoms with Crippen molar-refractivity contribution in [3.8, 4) is 5.75 Å². The van der Waals surface area contributed by atoms with Crippen LogP contribution in [0.3, 0.4) is 0 Å². The van der Waals surface area contributed by atoms with Crippen LogP contribution in [0.25, 0.3) is 0 Å². The van der Waals surface area contributed by atoms with Gasteiger partial charge in [0.2, 0.25) is 5.91 Å². The molecule has 2 rings (SSSR count). The molecule has 0 aromatic heterocycles. The highest BCUT2D eigenvalue weighted by Gasteiger charge is 2.35. The number of thioether (sulfide) groups is 1. The Morgan fingerprint density at radius 1 is 1.29 bits per heavy atom. The molecule has 1 atom stereocenters. The monoisotopic (exact) mass is 471 g/mol. The molecular weight excluding hydrogens is 441 g/mol. The largest absolute Gasteiger partial charge is 0.492 e. The lowest BCUT2D eigenvalue weighted by molar-refractivity contribution is -0.134. The van der Waals surface area contributed by atoms with Crippen molar-refractivity contribution in [2.24, 2.45) is 5.73 Å². The van der Waals surface area contributed by atoms with E-state index in [4.69, 9.17) is 22.1 Å². The zero-order chi connectivity index (χ0) is 19.3. The molecule has 0 aliphatic carbocycles. The van der Waals surface area contributed by atoms with Crippen LogP contribution in [-0.2, 0) is 4.79 Å². The average molecular weight is 473 g/mol. The molecule has 1 aliphatic heterocycles. The number of halogens is 3. The van der Waals surface area contributed by atoms with Crippen molar-refractivity contribution >= 4 is 54.1 Å². The number of aryl methyl sites for hydroxylation is 1. The van der Waals surface area contributed by atoms with E-state index in [1.54, 1.807) is 11.8 Å². The van der Waals surface area contributed by atoms with E-state index in [9.17, 15) is 4.79 Å². The Kier molecular flexibility index (Phi) is 12.2. The number of benzene rings is 1. The molecule has 162 valence electrons. The Labute approximate surface area is 190 Å². The highest BCUT2D eigenvalue weighted by molar-refractivity contribution is 8.00. The van der Waals surface area contributed by atoms with Gasteiger partial charge in [-0.1, -0.05) is 11.6 Å². The molecule has 1 aromatic rings. The second kappa shape index (κ2) is 12.4. The van der Waals surface area contributed by atoms with Gasteiger partial charge in [-0.15, -0.1) is 24.8 Å². The summed E-state index contributed by atoms with van der Waals surface area (Å²) >= 11 is 7.60. The molecule has 1 aromatic carbocycles. The maximum absolute atomic E-state index is 12.6. The number of piperazine rings is 1. The molecule has 1 amide bonds. The van der Waals surface area contributed by atoms with Crippen molar-refractivity contribution in [3.05, 3.63) is 28.8 Å². The van der Waals surface area contributed by atoms with Gasteiger partial charge in [-0.2, -0.15) is 11.8 Å². The summed E-state index contributed by atoms with van der Waals surface area (Å²) in [6.07, 6.45) is 1.99. The van der Waals surface area contributed by atoms with Crippen molar-refractivity contribution in [1.29, 1.82) is 0 Å². The molecule has 2 N–H and O–H groups in total. The number of carbonyl (C=O) groups is 1. The van der Waals surface area contributed by atoms with Crippen LogP contribution >= 0.6 is 48.2 Å². The van der Waals surface area contributed by atoms with Crippen LogP contribution in [0.5, 0.6) is 5.75 Å². The molecular formula is C19H32Cl3N3O2S. The van der Waals surface area contributed by atoms with Gasteiger partial charge in [0.05, 0.1) is 6.04 Å². The van der Waals surface area contributed by atoms with Gasteiger partial charge < -0.3 is 15.4 Å². The SMILES string of the molecule is CSC(C)(C)[C@H](N)C(=O)N1CCN(CCOc2ccc(Cl)cc2C)CC1.Cl.Cl. The third-order valence-electron chi connectivity index (χ3n) is 5.03. The van der Waals surface area contributed by atoms with Crippen molar-refractivity contribution in [2.45, 2.75) is 31.6 Å². The maximum Gasteiger partial charge on any atom is 0.240 e. The minimum Gasteiger partial charge on any atom is -0.492 e. The van der Waals surface area contributed by atoms with E-state index >= 15 is 0 Å². The van der Waals surface area contributed by atoms with Crippen molar-refractivity contribution in [3.63, 3.8) is 0 Å². The summed E-state index contributed by atoms with van der Waals surface area (Å²) in [6, 6.07) is 5.18. The van der Waals surface area contributed by atoms with Gasteiger partial charge in [-0.3, -0.25) is 9.69 Å². The normalized spacial score (nSPS) is 16.0. The fourth-order valence-corrected chi connectivity index (χ4v) is 3.45. The Bertz CT molecular complexity index is 626. The molecule has 0 spiro atoms. The average Bonchev–Trinajstić information content (AvgIpc) is 2.63. The number of hydrogen-bond donors (Lipinski definition) is 1. The number of nitrogens with two attached hydrogens (primary N) is 1. The van der Waals surface area contributed by atoms with E-state index < -0.39 is 6.04 Å². The summed E-state index contributed by atoms with van der Waals surface area (Å²) in [6.45, 7) is 10.6. The topological polar surface area (TPSA) is 58.8 Å². The molecule has 1 saturated heterocycles. The quantitative estimate of drug-likeness (QED) is 0.658. The second-order valence-electron chi connectivity index (χ2n) is 7.21. The Hall–Kier alpha value is -0.370. The number of ether oxygens (including phenoxy) is 1. The molecule has 0 bridgehead atoms. The number of rotatable bonds is 7. The first kappa shape index (κ1) is 27.6. The van der Waals surface area contributed by atoms with E-state index in [1.165, 1.54) is 0 Å². The van der Waals surface area contributed by atoms with Crippen LogP contribution in [0.4, 0.5) is 0 Å². The zero-order valence-corrected chi connectivity index (χ0v) is 20.1. The lowest BCUT2D eigenvalue weighted by Crippen LogP contribution is -2.58. The van der Waals surface area contributed by atoms with Gasteiger partial charge in [-0.05, 0) is 50.8 Å². The number of nitrogens with zero attached hydrogens (tertiary/aromatic N) is 2. The summed E-state index contributed by atoms with van der Waals surface area (Å²) in [5.74, 6) is 0.922. The molecule has 28 heavy (non-hydrogen) atoms. The van der Waals surface area contributed by atoms with Crippen molar-refractivity contribution in [2.75, 3.05) is 45.6 Å². The predicted molar refractivity (Wildman–Crippen MR) is 125 cm³/mol. The molecule has 1 heterocycles. The third kappa shape index (κ3) is 7.47. The van der Waals surface area contributed by atoms with Gasteiger partial charge in [0.25, 0.3) is 0 Å². The Balaban J connectivity index is 0.00000364. The molecule has 1 aliphatic rings. The van der Waals surface area contributed by atoms with Crippen LogP contribution in [-0.4, -0.2) is 72.1 Å². The van der Waals surface area contributed by atoms with E-state index in [2.05, 4.69) is 4.90 Å². The van der Waals surface area contributed by atoms with Crippen LogP contribution in [0.2, 0.25) is 5.02 Å². The lowest BCUT2D eigenvalue weighted by atomic mass is 10.0. The predicted octanol–water partition coefficient (Wildman–Crippen LogP) is 3.48. The van der Waals surface area contributed by atoms with Crippen LogP contribution < -0.4 is 10.5 Å². The molecule has 5 nitrogen and oxygen atoms in total. The summed E-state index contributed by atoms with van der Waals surface area (Å²) < 4.78 is 5.61.